The van der Waals surface area contributed by atoms with E-state index in [2.05, 4.69) is 34.3 Å². The van der Waals surface area contributed by atoms with Crippen LogP contribution in [0.1, 0.15) is 17.2 Å². The predicted molar refractivity (Wildman–Crippen MR) is 80.1 cm³/mol. The van der Waals surface area contributed by atoms with Gasteiger partial charge in [-0.1, -0.05) is 53.6 Å². The summed E-state index contributed by atoms with van der Waals surface area (Å²) < 4.78 is 0. The van der Waals surface area contributed by atoms with Crippen molar-refractivity contribution >= 4 is 11.8 Å². The van der Waals surface area contributed by atoms with Gasteiger partial charge in [0.25, 0.3) is 0 Å². The fraction of sp³-hybridized carbons (Fsp3) is 0.200. The Hall–Kier alpha value is -1.90. The van der Waals surface area contributed by atoms with E-state index >= 15 is 0 Å². The highest BCUT2D eigenvalue weighted by atomic mass is 32.2. The molecular weight excluding hydrogens is 254 g/mol. The predicted octanol–water partition coefficient (Wildman–Crippen LogP) is 5.22. The summed E-state index contributed by atoms with van der Waals surface area (Å²) in [6.07, 6.45) is 0.841. The first-order chi connectivity index (χ1) is 9.40. The Kier molecular flexibility index (Phi) is 5.35. The average Bonchev–Trinajstić information content (AvgIpc) is 2.48. The van der Waals surface area contributed by atoms with Gasteiger partial charge >= 0.3 is 0 Å². The van der Waals surface area contributed by atoms with Crippen molar-refractivity contribution in [1.82, 2.24) is 0 Å². The molecular formula is C15H15N3S. The van der Waals surface area contributed by atoms with Crippen molar-refractivity contribution in [2.75, 3.05) is 6.54 Å². The Morgan fingerprint density at radius 1 is 1.00 bits per heavy atom. The lowest BCUT2D eigenvalue weighted by Gasteiger charge is -2.16. The Morgan fingerprint density at radius 3 is 2.26 bits per heavy atom. The van der Waals surface area contributed by atoms with E-state index in [9.17, 15) is 0 Å². The topological polar surface area (TPSA) is 48.8 Å². The molecule has 4 heteroatoms. The first kappa shape index (κ1) is 13.5. The van der Waals surface area contributed by atoms with Crippen LogP contribution in [0.3, 0.4) is 0 Å². The molecule has 0 aromatic heterocycles. The largest absolute Gasteiger partial charge is 0.118 e. The molecule has 3 nitrogen and oxygen atoms in total. The van der Waals surface area contributed by atoms with Crippen LogP contribution in [0.25, 0.3) is 10.4 Å². The zero-order valence-corrected chi connectivity index (χ0v) is 11.3. The van der Waals surface area contributed by atoms with Gasteiger partial charge in [-0.3, -0.25) is 0 Å². The zero-order chi connectivity index (χ0) is 13.3. The van der Waals surface area contributed by atoms with Crippen molar-refractivity contribution < 1.29 is 0 Å². The monoisotopic (exact) mass is 269 g/mol. The van der Waals surface area contributed by atoms with E-state index in [1.165, 1.54) is 10.5 Å². The summed E-state index contributed by atoms with van der Waals surface area (Å²) in [6.45, 7) is 0.524. The molecule has 0 bridgehead atoms. The van der Waals surface area contributed by atoms with Crippen molar-refractivity contribution in [2.24, 2.45) is 5.11 Å². The van der Waals surface area contributed by atoms with Crippen molar-refractivity contribution in [1.29, 1.82) is 0 Å². The van der Waals surface area contributed by atoms with Gasteiger partial charge in [-0.25, -0.2) is 0 Å². The Balaban J connectivity index is 2.12. The average molecular weight is 269 g/mol. The van der Waals surface area contributed by atoms with E-state index in [0.29, 0.717) is 11.8 Å². The standard InChI is InChI=1S/C15H15N3S/c16-18-17-12-11-15(13-7-3-1-4-8-13)19-14-9-5-2-6-10-14/h1-10,15H,11-12H2. The summed E-state index contributed by atoms with van der Waals surface area (Å²) in [5.74, 6) is 0. The van der Waals surface area contributed by atoms with Crippen LogP contribution < -0.4 is 0 Å². The van der Waals surface area contributed by atoms with Crippen LogP contribution in [0.2, 0.25) is 0 Å². The Labute approximate surface area is 117 Å². The van der Waals surface area contributed by atoms with Gasteiger partial charge in [0.15, 0.2) is 0 Å². The van der Waals surface area contributed by atoms with Crippen molar-refractivity contribution in [3.8, 4) is 0 Å². The molecule has 19 heavy (non-hydrogen) atoms. The summed E-state index contributed by atoms with van der Waals surface area (Å²) in [6, 6.07) is 20.6. The van der Waals surface area contributed by atoms with Gasteiger partial charge in [0, 0.05) is 21.6 Å². The van der Waals surface area contributed by atoms with Crippen LogP contribution in [0.4, 0.5) is 0 Å². The van der Waals surface area contributed by atoms with Crippen LogP contribution in [-0.4, -0.2) is 6.54 Å². The van der Waals surface area contributed by atoms with Gasteiger partial charge in [-0.2, -0.15) is 0 Å². The molecule has 0 aliphatic heterocycles. The maximum Gasteiger partial charge on any atom is 0.0345 e. The van der Waals surface area contributed by atoms with Crippen molar-refractivity contribution in [3.05, 3.63) is 76.7 Å². The van der Waals surface area contributed by atoms with Crippen LogP contribution in [0.5, 0.6) is 0 Å². The zero-order valence-electron chi connectivity index (χ0n) is 10.5. The first-order valence-corrected chi connectivity index (χ1v) is 7.05. The summed E-state index contributed by atoms with van der Waals surface area (Å²) in [5.41, 5.74) is 9.66. The van der Waals surface area contributed by atoms with E-state index in [1.807, 2.05) is 48.2 Å². The highest BCUT2D eigenvalue weighted by molar-refractivity contribution is 7.99. The maximum atomic E-state index is 8.39. The highest BCUT2D eigenvalue weighted by Gasteiger charge is 2.12. The van der Waals surface area contributed by atoms with Gasteiger partial charge in [-0.15, -0.1) is 11.8 Å². The lowest BCUT2D eigenvalue weighted by Crippen LogP contribution is -1.96. The molecule has 0 aliphatic rings. The molecule has 0 amide bonds. The van der Waals surface area contributed by atoms with E-state index in [-0.39, 0.29) is 0 Å². The molecule has 2 aromatic rings. The second kappa shape index (κ2) is 7.52. The molecule has 1 atom stereocenters. The highest BCUT2D eigenvalue weighted by Crippen LogP contribution is 2.37. The Morgan fingerprint density at radius 2 is 1.63 bits per heavy atom. The Bertz CT molecular complexity index is 536. The molecule has 0 spiro atoms. The summed E-state index contributed by atoms with van der Waals surface area (Å²) >= 11 is 1.81. The van der Waals surface area contributed by atoms with Crippen molar-refractivity contribution in [3.63, 3.8) is 0 Å². The molecule has 0 N–H and O–H groups in total. The van der Waals surface area contributed by atoms with Gasteiger partial charge < -0.3 is 0 Å². The number of thioether (sulfide) groups is 1. The third-order valence-electron chi connectivity index (χ3n) is 2.75. The molecule has 0 saturated carbocycles. The third kappa shape index (κ3) is 4.36. The smallest absolute Gasteiger partial charge is 0.0345 e. The fourth-order valence-corrected chi connectivity index (χ4v) is 3.00. The van der Waals surface area contributed by atoms with Crippen molar-refractivity contribution in [2.45, 2.75) is 16.6 Å². The molecule has 0 aliphatic carbocycles. The van der Waals surface area contributed by atoms with Gasteiger partial charge in [-0.05, 0) is 29.6 Å². The van der Waals surface area contributed by atoms with E-state index in [1.54, 1.807) is 0 Å². The minimum atomic E-state index is 0.314. The number of azide groups is 1. The summed E-state index contributed by atoms with van der Waals surface area (Å²) in [5, 5.41) is 3.96. The minimum absolute atomic E-state index is 0.314. The first-order valence-electron chi connectivity index (χ1n) is 6.17. The quantitative estimate of drug-likeness (QED) is 0.307. The second-order valence-corrected chi connectivity index (χ2v) is 5.35. The molecule has 2 aromatic carbocycles. The van der Waals surface area contributed by atoms with E-state index in [0.717, 1.165) is 6.42 Å². The molecule has 96 valence electrons. The molecule has 0 saturated heterocycles. The van der Waals surface area contributed by atoms with Crippen LogP contribution in [0, 0.1) is 0 Å². The normalized spacial score (nSPS) is 11.6. The van der Waals surface area contributed by atoms with E-state index in [4.69, 9.17) is 5.53 Å². The second-order valence-electron chi connectivity index (χ2n) is 4.07. The number of rotatable bonds is 6. The van der Waals surface area contributed by atoms with Gasteiger partial charge in [0.2, 0.25) is 0 Å². The molecule has 0 radical (unpaired) electrons. The molecule has 2 rings (SSSR count). The third-order valence-corrected chi connectivity index (χ3v) is 4.08. The SMILES string of the molecule is [N-]=[N+]=NCCC(Sc1ccccc1)c1ccccc1. The maximum absolute atomic E-state index is 8.39. The lowest BCUT2D eigenvalue weighted by molar-refractivity contribution is 0.809. The lowest BCUT2D eigenvalue weighted by atomic mass is 10.1. The van der Waals surface area contributed by atoms with Gasteiger partial charge in [0.1, 0.15) is 0 Å². The summed E-state index contributed by atoms with van der Waals surface area (Å²) in [4.78, 5) is 4.06. The number of benzene rings is 2. The van der Waals surface area contributed by atoms with Crippen LogP contribution in [-0.2, 0) is 0 Å². The molecule has 0 fully saturated rings. The number of hydrogen-bond acceptors (Lipinski definition) is 2. The van der Waals surface area contributed by atoms with Gasteiger partial charge in [0.05, 0.1) is 0 Å². The summed E-state index contributed by atoms with van der Waals surface area (Å²) in [7, 11) is 0. The van der Waals surface area contributed by atoms with E-state index < -0.39 is 0 Å². The number of hydrogen-bond donors (Lipinski definition) is 0. The molecule has 0 heterocycles. The minimum Gasteiger partial charge on any atom is -0.118 e. The number of nitrogens with zero attached hydrogens (tertiary/aromatic N) is 3. The fourth-order valence-electron chi connectivity index (χ4n) is 1.84. The molecule has 1 unspecified atom stereocenters. The van der Waals surface area contributed by atoms with Crippen LogP contribution >= 0.6 is 11.8 Å². The van der Waals surface area contributed by atoms with Crippen LogP contribution in [0.15, 0.2) is 70.7 Å².